The lowest BCUT2D eigenvalue weighted by molar-refractivity contribution is 0.372. The number of hydrogen-bond acceptors (Lipinski definition) is 4. The standard InChI is InChI=1S/C17H16ClNO2S2/c1-11-3-6-14(7-4-11)23(20)21-19-16-9-12(2)22-17-8-5-13(18)10-15(16)17/h3-8,10,12H,9H2,1-2H3/b19-16+. The molecule has 2 unspecified atom stereocenters. The molecule has 2 aromatic carbocycles. The van der Waals surface area contributed by atoms with Crippen LogP contribution < -0.4 is 0 Å². The smallest absolute Gasteiger partial charge is 0.265 e. The number of aryl methyl sites for hydroxylation is 1. The Morgan fingerprint density at radius 1 is 1.26 bits per heavy atom. The van der Waals surface area contributed by atoms with Gasteiger partial charge in [-0.05, 0) is 37.3 Å². The topological polar surface area (TPSA) is 38.7 Å². The molecular weight excluding hydrogens is 350 g/mol. The molecule has 1 heterocycles. The summed E-state index contributed by atoms with van der Waals surface area (Å²) in [5, 5.41) is 5.21. The quantitative estimate of drug-likeness (QED) is 0.720. The summed E-state index contributed by atoms with van der Waals surface area (Å²) >= 11 is 6.26. The van der Waals surface area contributed by atoms with Crippen LogP contribution in [0, 0.1) is 6.92 Å². The lowest BCUT2D eigenvalue weighted by atomic mass is 10.1. The van der Waals surface area contributed by atoms with Gasteiger partial charge < -0.3 is 0 Å². The van der Waals surface area contributed by atoms with Gasteiger partial charge >= 0.3 is 0 Å². The molecule has 0 bridgehead atoms. The number of nitrogens with zero attached hydrogens (tertiary/aromatic N) is 1. The van der Waals surface area contributed by atoms with Gasteiger partial charge in [0.25, 0.3) is 11.1 Å². The van der Waals surface area contributed by atoms with E-state index in [0.717, 1.165) is 28.2 Å². The molecule has 0 radical (unpaired) electrons. The molecule has 1 aliphatic rings. The van der Waals surface area contributed by atoms with E-state index in [0.29, 0.717) is 15.2 Å². The van der Waals surface area contributed by atoms with Crippen molar-refractivity contribution in [3.8, 4) is 0 Å². The van der Waals surface area contributed by atoms with E-state index in [2.05, 4.69) is 12.1 Å². The van der Waals surface area contributed by atoms with Crippen LogP contribution in [0.15, 0.2) is 57.4 Å². The Hall–Kier alpha value is -1.30. The highest BCUT2D eigenvalue weighted by atomic mass is 35.5. The monoisotopic (exact) mass is 365 g/mol. The van der Waals surface area contributed by atoms with Crippen molar-refractivity contribution in [1.29, 1.82) is 0 Å². The molecule has 0 aromatic heterocycles. The van der Waals surface area contributed by atoms with Crippen LogP contribution >= 0.6 is 23.4 Å². The Kier molecular flexibility index (Phi) is 5.09. The predicted octanol–water partition coefficient (Wildman–Crippen LogP) is 4.98. The first-order valence-electron chi connectivity index (χ1n) is 7.22. The van der Waals surface area contributed by atoms with Gasteiger partial charge in [-0.25, -0.2) is 4.21 Å². The molecule has 0 N–H and O–H groups in total. The fraction of sp³-hybridized carbons (Fsp3) is 0.235. The van der Waals surface area contributed by atoms with Crippen LogP contribution in [0.5, 0.6) is 0 Å². The summed E-state index contributed by atoms with van der Waals surface area (Å²) < 4.78 is 17.5. The first kappa shape index (κ1) is 16.6. The zero-order valence-electron chi connectivity index (χ0n) is 12.8. The number of fused-ring (bicyclic) bond motifs is 1. The Morgan fingerprint density at radius 3 is 2.74 bits per heavy atom. The molecule has 1 aliphatic heterocycles. The van der Waals surface area contributed by atoms with E-state index >= 15 is 0 Å². The molecular formula is C17H16ClNO2S2. The second-order valence-corrected chi connectivity index (χ2v) is 8.44. The predicted molar refractivity (Wildman–Crippen MR) is 96.6 cm³/mol. The minimum absolute atomic E-state index is 0.388. The molecule has 2 aromatic rings. The highest BCUT2D eigenvalue weighted by Crippen LogP contribution is 2.36. The first-order chi connectivity index (χ1) is 11.0. The van der Waals surface area contributed by atoms with Crippen molar-refractivity contribution in [3.63, 3.8) is 0 Å². The van der Waals surface area contributed by atoms with Crippen LogP contribution in [0.4, 0.5) is 0 Å². The van der Waals surface area contributed by atoms with Gasteiger partial charge in [0.15, 0.2) is 0 Å². The van der Waals surface area contributed by atoms with E-state index < -0.39 is 11.1 Å². The molecule has 3 nitrogen and oxygen atoms in total. The maximum Gasteiger partial charge on any atom is 0.265 e. The van der Waals surface area contributed by atoms with Gasteiger partial charge in [0, 0.05) is 27.2 Å². The summed E-state index contributed by atoms with van der Waals surface area (Å²) in [6, 6.07) is 13.1. The number of oxime groups is 1. The van der Waals surface area contributed by atoms with Crippen molar-refractivity contribution in [2.45, 2.75) is 35.3 Å². The SMILES string of the molecule is Cc1ccc(S(=O)O/N=C2\CC(C)Sc3ccc(Cl)cc32)cc1. The van der Waals surface area contributed by atoms with Gasteiger partial charge in [-0.15, -0.1) is 11.8 Å². The van der Waals surface area contributed by atoms with E-state index in [1.165, 1.54) is 0 Å². The van der Waals surface area contributed by atoms with Gasteiger partial charge in [0.05, 0.1) is 10.6 Å². The van der Waals surface area contributed by atoms with Crippen LogP contribution in [-0.4, -0.2) is 15.2 Å². The minimum Gasteiger partial charge on any atom is -0.287 e. The average molecular weight is 366 g/mol. The molecule has 23 heavy (non-hydrogen) atoms. The van der Waals surface area contributed by atoms with E-state index in [-0.39, 0.29) is 0 Å². The highest BCUT2D eigenvalue weighted by Gasteiger charge is 2.22. The molecule has 0 spiro atoms. The number of hydrogen-bond donors (Lipinski definition) is 0. The molecule has 120 valence electrons. The van der Waals surface area contributed by atoms with Crippen molar-refractivity contribution >= 4 is 40.2 Å². The van der Waals surface area contributed by atoms with Crippen LogP contribution in [0.25, 0.3) is 0 Å². The molecule has 0 fully saturated rings. The second-order valence-electron chi connectivity index (χ2n) is 5.43. The Labute approximate surface area is 147 Å². The van der Waals surface area contributed by atoms with Crippen molar-refractivity contribution in [2.75, 3.05) is 0 Å². The third-order valence-electron chi connectivity index (χ3n) is 3.49. The maximum absolute atomic E-state index is 12.2. The summed E-state index contributed by atoms with van der Waals surface area (Å²) in [7, 11) is 0. The summed E-state index contributed by atoms with van der Waals surface area (Å²) in [5.41, 5.74) is 2.86. The number of thioether (sulfide) groups is 1. The number of rotatable bonds is 3. The highest BCUT2D eigenvalue weighted by molar-refractivity contribution is 8.00. The van der Waals surface area contributed by atoms with Crippen LogP contribution in [0.2, 0.25) is 5.02 Å². The fourth-order valence-corrected chi connectivity index (χ4v) is 4.23. The van der Waals surface area contributed by atoms with E-state index in [9.17, 15) is 4.21 Å². The zero-order valence-corrected chi connectivity index (χ0v) is 15.2. The van der Waals surface area contributed by atoms with Gasteiger partial charge in [-0.1, -0.05) is 41.4 Å². The van der Waals surface area contributed by atoms with Gasteiger partial charge in [0.2, 0.25) is 0 Å². The van der Waals surface area contributed by atoms with E-state index in [1.54, 1.807) is 23.9 Å². The molecule has 0 saturated heterocycles. The number of benzene rings is 2. The normalized spacial score (nSPS) is 20.1. The van der Waals surface area contributed by atoms with Gasteiger partial charge in [0.1, 0.15) is 0 Å². The number of halogens is 1. The summed E-state index contributed by atoms with van der Waals surface area (Å²) in [6.45, 7) is 4.12. The van der Waals surface area contributed by atoms with Gasteiger partial charge in [-0.2, -0.15) is 0 Å². The lowest BCUT2D eigenvalue weighted by Gasteiger charge is -2.22. The van der Waals surface area contributed by atoms with E-state index in [4.69, 9.17) is 15.9 Å². The molecule has 0 saturated carbocycles. The third-order valence-corrected chi connectivity index (χ3v) is 5.77. The van der Waals surface area contributed by atoms with Crippen LogP contribution in [0.3, 0.4) is 0 Å². The Balaban J connectivity index is 1.84. The zero-order chi connectivity index (χ0) is 16.4. The molecule has 0 aliphatic carbocycles. The van der Waals surface area contributed by atoms with Crippen molar-refractivity contribution < 1.29 is 8.49 Å². The summed E-state index contributed by atoms with van der Waals surface area (Å²) in [5.74, 6) is 0. The first-order valence-corrected chi connectivity index (χ1v) is 9.55. The molecule has 6 heteroatoms. The second kappa shape index (κ2) is 7.07. The van der Waals surface area contributed by atoms with Crippen LogP contribution in [0.1, 0.15) is 24.5 Å². The van der Waals surface area contributed by atoms with Crippen molar-refractivity contribution in [3.05, 3.63) is 58.6 Å². The lowest BCUT2D eigenvalue weighted by Crippen LogP contribution is -2.16. The van der Waals surface area contributed by atoms with Crippen molar-refractivity contribution in [1.82, 2.24) is 0 Å². The maximum atomic E-state index is 12.2. The van der Waals surface area contributed by atoms with E-state index in [1.807, 2.05) is 37.3 Å². The molecule has 2 atom stereocenters. The summed E-state index contributed by atoms with van der Waals surface area (Å²) in [6.07, 6.45) is 0.753. The molecule has 3 rings (SSSR count). The Bertz CT molecular complexity index is 775. The minimum atomic E-state index is -1.61. The van der Waals surface area contributed by atoms with Crippen LogP contribution in [-0.2, 0) is 15.4 Å². The Morgan fingerprint density at radius 2 is 2.00 bits per heavy atom. The molecule has 0 amide bonds. The average Bonchev–Trinajstić information content (AvgIpc) is 2.53. The third kappa shape index (κ3) is 3.97. The summed E-state index contributed by atoms with van der Waals surface area (Å²) in [4.78, 5) is 1.72. The fourth-order valence-electron chi connectivity index (χ4n) is 2.33. The van der Waals surface area contributed by atoms with Gasteiger partial charge in [-0.3, -0.25) is 4.28 Å². The van der Waals surface area contributed by atoms with Crippen molar-refractivity contribution in [2.24, 2.45) is 5.16 Å². The largest absolute Gasteiger partial charge is 0.287 e.